The lowest BCUT2D eigenvalue weighted by Gasteiger charge is -2.34. The van der Waals surface area contributed by atoms with Gasteiger partial charge in [-0.1, -0.05) is 0 Å². The van der Waals surface area contributed by atoms with E-state index in [0.717, 1.165) is 12.1 Å². The minimum absolute atomic E-state index is 0.195. The number of methoxy groups -OCH3 is 1. The second kappa shape index (κ2) is 6.30. The minimum atomic E-state index is -4.37. The second-order valence-corrected chi connectivity index (χ2v) is 4.74. The highest BCUT2D eigenvalue weighted by Gasteiger charge is 2.31. The number of esters is 1. The smallest absolute Gasteiger partial charge is 0.416 e. The Morgan fingerprint density at radius 2 is 2.00 bits per heavy atom. The monoisotopic (exact) mass is 303 g/mol. The molecule has 1 aliphatic heterocycles. The van der Waals surface area contributed by atoms with Crippen molar-refractivity contribution in [1.29, 1.82) is 0 Å². The van der Waals surface area contributed by atoms with Crippen LogP contribution in [0, 0.1) is 0 Å². The highest BCUT2D eigenvalue weighted by molar-refractivity contribution is 5.71. The van der Waals surface area contributed by atoms with Crippen molar-refractivity contribution in [2.45, 2.75) is 6.18 Å². The predicted molar refractivity (Wildman–Crippen MR) is 69.9 cm³/mol. The maximum absolute atomic E-state index is 12.7. The largest absolute Gasteiger partial charge is 0.468 e. The Kier molecular flexibility index (Phi) is 4.66. The van der Waals surface area contributed by atoms with Crippen molar-refractivity contribution < 1.29 is 22.7 Å². The van der Waals surface area contributed by atoms with Gasteiger partial charge in [0.25, 0.3) is 0 Å². The highest BCUT2D eigenvalue weighted by atomic mass is 19.4. The molecule has 1 aliphatic rings. The fourth-order valence-corrected chi connectivity index (χ4v) is 2.15. The zero-order valence-electron chi connectivity index (χ0n) is 11.6. The molecule has 0 radical (unpaired) electrons. The lowest BCUT2D eigenvalue weighted by Crippen LogP contribution is -2.48. The summed E-state index contributed by atoms with van der Waals surface area (Å²) in [6.45, 7) is 2.39. The predicted octanol–water partition coefficient (Wildman–Crippen LogP) is 1.40. The standard InChI is InChI=1S/C13H16F3N3O2/c1-21-12(20)9-18-4-6-19(7-5-18)11-8-10(2-3-17-11)13(14,15)16/h2-3,8H,4-7,9H2,1H3. The molecule has 0 spiro atoms. The molecule has 0 bridgehead atoms. The van der Waals surface area contributed by atoms with E-state index in [0.29, 0.717) is 32.0 Å². The third-order valence-electron chi connectivity index (χ3n) is 3.35. The molecule has 8 heteroatoms. The van der Waals surface area contributed by atoms with E-state index in [4.69, 9.17) is 0 Å². The maximum atomic E-state index is 12.7. The van der Waals surface area contributed by atoms with Crippen molar-refractivity contribution in [3.63, 3.8) is 0 Å². The van der Waals surface area contributed by atoms with E-state index in [1.54, 1.807) is 4.90 Å². The number of piperazine rings is 1. The van der Waals surface area contributed by atoms with Crippen LogP contribution in [0.1, 0.15) is 5.56 Å². The molecule has 0 N–H and O–H groups in total. The van der Waals surface area contributed by atoms with Gasteiger partial charge in [0.05, 0.1) is 19.2 Å². The molecule has 5 nitrogen and oxygen atoms in total. The number of rotatable bonds is 3. The molecule has 0 aromatic carbocycles. The van der Waals surface area contributed by atoms with E-state index in [2.05, 4.69) is 9.72 Å². The normalized spacial score (nSPS) is 16.9. The minimum Gasteiger partial charge on any atom is -0.468 e. The van der Waals surface area contributed by atoms with Crippen LogP contribution in [0.5, 0.6) is 0 Å². The van der Waals surface area contributed by atoms with E-state index in [9.17, 15) is 18.0 Å². The van der Waals surface area contributed by atoms with Crippen LogP contribution in [0.4, 0.5) is 19.0 Å². The van der Waals surface area contributed by atoms with Crippen molar-refractivity contribution in [3.05, 3.63) is 23.9 Å². The van der Waals surface area contributed by atoms with Gasteiger partial charge in [0.15, 0.2) is 0 Å². The number of pyridine rings is 1. The Morgan fingerprint density at radius 1 is 1.33 bits per heavy atom. The number of nitrogens with zero attached hydrogens (tertiary/aromatic N) is 3. The Labute approximate surface area is 120 Å². The van der Waals surface area contributed by atoms with Crippen molar-refractivity contribution in [3.8, 4) is 0 Å². The number of halogens is 3. The van der Waals surface area contributed by atoms with E-state index in [1.165, 1.54) is 13.3 Å². The molecule has 1 saturated heterocycles. The van der Waals surface area contributed by atoms with Gasteiger partial charge in [0, 0.05) is 32.4 Å². The molecule has 0 aliphatic carbocycles. The van der Waals surface area contributed by atoms with Crippen LogP contribution < -0.4 is 4.90 Å². The van der Waals surface area contributed by atoms with Gasteiger partial charge >= 0.3 is 12.1 Å². The first-order valence-corrected chi connectivity index (χ1v) is 6.47. The first-order valence-electron chi connectivity index (χ1n) is 6.47. The fraction of sp³-hybridized carbons (Fsp3) is 0.538. The maximum Gasteiger partial charge on any atom is 0.416 e. The zero-order chi connectivity index (χ0) is 15.5. The van der Waals surface area contributed by atoms with E-state index in [-0.39, 0.29) is 12.5 Å². The summed E-state index contributed by atoms with van der Waals surface area (Å²) in [5.41, 5.74) is -0.704. The Hall–Kier alpha value is -1.83. The molecule has 2 rings (SSSR count). The van der Waals surface area contributed by atoms with E-state index < -0.39 is 11.7 Å². The van der Waals surface area contributed by atoms with Gasteiger partial charge < -0.3 is 9.64 Å². The van der Waals surface area contributed by atoms with Gasteiger partial charge in [-0.3, -0.25) is 9.69 Å². The molecule has 0 atom stereocenters. The fourth-order valence-electron chi connectivity index (χ4n) is 2.15. The summed E-state index contributed by atoms with van der Waals surface area (Å²) < 4.78 is 42.6. The number of hydrogen-bond donors (Lipinski definition) is 0. The van der Waals surface area contributed by atoms with Crippen LogP contribution >= 0.6 is 0 Å². The Morgan fingerprint density at radius 3 is 2.57 bits per heavy atom. The molecule has 0 unspecified atom stereocenters. The molecular weight excluding hydrogens is 287 g/mol. The molecule has 116 valence electrons. The Balaban J connectivity index is 1.98. The highest BCUT2D eigenvalue weighted by Crippen LogP contribution is 2.30. The molecule has 2 heterocycles. The van der Waals surface area contributed by atoms with E-state index in [1.807, 2.05) is 4.90 Å². The lowest BCUT2D eigenvalue weighted by molar-refractivity contribution is -0.142. The molecule has 0 saturated carbocycles. The zero-order valence-corrected chi connectivity index (χ0v) is 11.6. The van der Waals surface area contributed by atoms with Crippen molar-refractivity contribution >= 4 is 11.8 Å². The van der Waals surface area contributed by atoms with E-state index >= 15 is 0 Å². The number of aromatic nitrogens is 1. The quantitative estimate of drug-likeness (QED) is 0.790. The van der Waals surface area contributed by atoms with Crippen LogP contribution in [0.3, 0.4) is 0 Å². The number of carbonyl (C=O) groups is 1. The summed E-state index contributed by atoms with van der Waals surface area (Å²) in [5.74, 6) is -0.0109. The SMILES string of the molecule is COC(=O)CN1CCN(c2cc(C(F)(F)F)ccn2)CC1. The number of hydrogen-bond acceptors (Lipinski definition) is 5. The third-order valence-corrected chi connectivity index (χ3v) is 3.35. The van der Waals surface area contributed by atoms with Gasteiger partial charge in [0.2, 0.25) is 0 Å². The molecule has 21 heavy (non-hydrogen) atoms. The summed E-state index contributed by atoms with van der Waals surface area (Å²) in [7, 11) is 1.32. The average Bonchev–Trinajstić information content (AvgIpc) is 2.47. The summed E-state index contributed by atoms with van der Waals surface area (Å²) in [6, 6.07) is 2.01. The van der Waals surface area contributed by atoms with Gasteiger partial charge in [-0.25, -0.2) is 4.98 Å². The van der Waals surface area contributed by atoms with Crippen LogP contribution in [0.25, 0.3) is 0 Å². The average molecular weight is 303 g/mol. The molecule has 1 aromatic heterocycles. The van der Waals surface area contributed by atoms with Crippen molar-refractivity contribution in [2.75, 3.05) is 44.7 Å². The Bertz CT molecular complexity index is 500. The third kappa shape index (κ3) is 4.07. The number of carbonyl (C=O) groups excluding carboxylic acids is 1. The number of alkyl halides is 3. The van der Waals surface area contributed by atoms with Crippen LogP contribution in [-0.4, -0.2) is 55.7 Å². The first kappa shape index (κ1) is 15.6. The molecule has 1 aromatic rings. The topological polar surface area (TPSA) is 45.7 Å². The van der Waals surface area contributed by atoms with Gasteiger partial charge in [-0.05, 0) is 12.1 Å². The first-order chi connectivity index (χ1) is 9.90. The number of anilines is 1. The second-order valence-electron chi connectivity index (χ2n) is 4.74. The van der Waals surface area contributed by atoms with Gasteiger partial charge in [-0.2, -0.15) is 13.2 Å². The molecular formula is C13H16F3N3O2. The molecule has 1 fully saturated rings. The van der Waals surface area contributed by atoms with Gasteiger partial charge in [0.1, 0.15) is 5.82 Å². The summed E-state index contributed by atoms with van der Waals surface area (Å²) >= 11 is 0. The van der Waals surface area contributed by atoms with Crippen LogP contribution in [0.2, 0.25) is 0 Å². The van der Waals surface area contributed by atoms with Crippen molar-refractivity contribution in [2.24, 2.45) is 0 Å². The summed E-state index contributed by atoms with van der Waals surface area (Å²) in [4.78, 5) is 18.8. The number of ether oxygens (including phenoxy) is 1. The van der Waals surface area contributed by atoms with Gasteiger partial charge in [-0.15, -0.1) is 0 Å². The summed E-state index contributed by atoms with van der Waals surface area (Å²) in [5, 5.41) is 0. The molecule has 0 amide bonds. The van der Waals surface area contributed by atoms with Crippen LogP contribution in [0.15, 0.2) is 18.3 Å². The van der Waals surface area contributed by atoms with Crippen LogP contribution in [-0.2, 0) is 15.7 Å². The summed E-state index contributed by atoms with van der Waals surface area (Å²) in [6.07, 6.45) is -3.20. The van der Waals surface area contributed by atoms with Crippen molar-refractivity contribution in [1.82, 2.24) is 9.88 Å². The lowest BCUT2D eigenvalue weighted by atomic mass is 10.2.